The van der Waals surface area contributed by atoms with Crippen molar-refractivity contribution in [3.8, 4) is 0 Å². The number of hydrogen-bond acceptors (Lipinski definition) is 4. The smallest absolute Gasteiger partial charge is 0.134 e. The monoisotopic (exact) mass is 199 g/mol. The number of rotatable bonds is 5. The number of hydrogen-bond donors (Lipinski definition) is 1. The maximum Gasteiger partial charge on any atom is 0.134 e. The van der Waals surface area contributed by atoms with E-state index >= 15 is 0 Å². The van der Waals surface area contributed by atoms with E-state index in [4.69, 9.17) is 5.73 Å². The van der Waals surface area contributed by atoms with Crippen LogP contribution in [0.1, 0.15) is 49.2 Å². The summed E-state index contributed by atoms with van der Waals surface area (Å²) in [5.74, 6) is 0. The first-order valence-electron chi connectivity index (χ1n) is 4.85. The summed E-state index contributed by atoms with van der Waals surface area (Å²) in [6.45, 7) is 4.25. The second-order valence-corrected chi connectivity index (χ2v) is 4.25. The molecule has 0 amide bonds. The number of aromatic nitrogens is 2. The van der Waals surface area contributed by atoms with Crippen molar-refractivity contribution in [3.05, 3.63) is 10.0 Å². The fourth-order valence-corrected chi connectivity index (χ4v) is 1.99. The minimum Gasteiger partial charge on any atom is -0.322 e. The molecule has 0 spiro atoms. The Balaban J connectivity index is 2.53. The van der Waals surface area contributed by atoms with Crippen molar-refractivity contribution < 1.29 is 0 Å². The topological polar surface area (TPSA) is 51.8 Å². The zero-order valence-corrected chi connectivity index (χ0v) is 9.10. The first-order chi connectivity index (χ1) is 6.27. The maximum absolute atomic E-state index is 5.84. The summed E-state index contributed by atoms with van der Waals surface area (Å²) in [6, 6.07) is 0.0767. The average molecular weight is 199 g/mol. The Morgan fingerprint density at radius 2 is 2.15 bits per heavy atom. The Morgan fingerprint density at radius 3 is 2.77 bits per heavy atom. The van der Waals surface area contributed by atoms with Crippen LogP contribution in [0.25, 0.3) is 0 Å². The lowest BCUT2D eigenvalue weighted by Crippen LogP contribution is -2.07. The molecule has 0 saturated heterocycles. The molecule has 0 fully saturated rings. The van der Waals surface area contributed by atoms with Gasteiger partial charge in [-0.3, -0.25) is 0 Å². The molecule has 0 bridgehead atoms. The minimum atomic E-state index is 0.0767. The summed E-state index contributed by atoms with van der Waals surface area (Å²) in [7, 11) is 0. The van der Waals surface area contributed by atoms with Gasteiger partial charge in [0.15, 0.2) is 0 Å². The molecule has 3 nitrogen and oxygen atoms in total. The van der Waals surface area contributed by atoms with Gasteiger partial charge in [0, 0.05) is 6.42 Å². The van der Waals surface area contributed by atoms with Gasteiger partial charge in [-0.05, 0) is 12.8 Å². The number of aryl methyl sites for hydroxylation is 1. The summed E-state index contributed by atoms with van der Waals surface area (Å²) < 4.78 is 0. The van der Waals surface area contributed by atoms with Gasteiger partial charge in [0.1, 0.15) is 10.0 Å². The number of unbranched alkanes of at least 4 members (excludes halogenated alkanes) is 1. The molecule has 0 saturated carbocycles. The molecule has 1 heterocycles. The highest BCUT2D eigenvalue weighted by atomic mass is 32.1. The average Bonchev–Trinajstić information content (AvgIpc) is 2.62. The van der Waals surface area contributed by atoms with E-state index in [2.05, 4.69) is 24.0 Å². The van der Waals surface area contributed by atoms with E-state index in [9.17, 15) is 0 Å². The van der Waals surface area contributed by atoms with Crippen molar-refractivity contribution >= 4 is 11.3 Å². The van der Waals surface area contributed by atoms with Crippen LogP contribution in [-0.2, 0) is 6.42 Å². The van der Waals surface area contributed by atoms with Crippen molar-refractivity contribution in [3.63, 3.8) is 0 Å². The second-order valence-electron chi connectivity index (χ2n) is 3.15. The van der Waals surface area contributed by atoms with Crippen molar-refractivity contribution in [1.29, 1.82) is 0 Å². The molecule has 0 aliphatic rings. The Morgan fingerprint density at radius 1 is 1.38 bits per heavy atom. The van der Waals surface area contributed by atoms with Crippen molar-refractivity contribution in [2.45, 2.75) is 45.6 Å². The van der Waals surface area contributed by atoms with Crippen LogP contribution in [0.4, 0.5) is 0 Å². The largest absolute Gasteiger partial charge is 0.322 e. The zero-order valence-electron chi connectivity index (χ0n) is 8.29. The Kier molecular flexibility index (Phi) is 4.32. The van der Waals surface area contributed by atoms with Crippen molar-refractivity contribution in [2.24, 2.45) is 5.73 Å². The Hall–Kier alpha value is -0.480. The lowest BCUT2D eigenvalue weighted by molar-refractivity contribution is 0.680. The van der Waals surface area contributed by atoms with Gasteiger partial charge in [0.2, 0.25) is 0 Å². The predicted octanol–water partition coefficient (Wildman–Crippen LogP) is 2.29. The predicted molar refractivity (Wildman–Crippen MR) is 55.7 cm³/mol. The van der Waals surface area contributed by atoms with Gasteiger partial charge in [-0.2, -0.15) is 0 Å². The molecular weight excluding hydrogens is 182 g/mol. The lowest BCUT2D eigenvalue weighted by Gasteiger charge is -2.00. The molecule has 0 aliphatic heterocycles. The van der Waals surface area contributed by atoms with E-state index in [1.54, 1.807) is 11.3 Å². The first-order valence-corrected chi connectivity index (χ1v) is 5.67. The van der Waals surface area contributed by atoms with Crippen LogP contribution in [-0.4, -0.2) is 10.2 Å². The third-order valence-corrected chi connectivity index (χ3v) is 3.10. The van der Waals surface area contributed by atoms with Crippen LogP contribution in [0.3, 0.4) is 0 Å². The quantitative estimate of drug-likeness (QED) is 0.791. The standard InChI is InChI=1S/C9H17N3S/c1-3-5-6-8-11-12-9(13-8)7(10)4-2/h7H,3-6,10H2,1-2H3. The third kappa shape index (κ3) is 3.04. The molecule has 1 aromatic heterocycles. The van der Waals surface area contributed by atoms with Crippen molar-refractivity contribution in [2.75, 3.05) is 0 Å². The van der Waals surface area contributed by atoms with E-state index < -0.39 is 0 Å². The molecule has 4 heteroatoms. The summed E-state index contributed by atoms with van der Waals surface area (Å²) in [5, 5.41) is 10.3. The van der Waals surface area contributed by atoms with Crippen LogP contribution < -0.4 is 5.73 Å². The third-order valence-electron chi connectivity index (χ3n) is 1.98. The molecule has 2 N–H and O–H groups in total. The Labute approximate surface area is 83.4 Å². The molecule has 1 unspecified atom stereocenters. The van der Waals surface area contributed by atoms with E-state index in [0.717, 1.165) is 22.9 Å². The van der Waals surface area contributed by atoms with Gasteiger partial charge >= 0.3 is 0 Å². The molecule has 0 radical (unpaired) electrons. The SMILES string of the molecule is CCCCc1nnc(C(N)CC)s1. The summed E-state index contributed by atoms with van der Waals surface area (Å²) >= 11 is 1.66. The number of nitrogens with two attached hydrogens (primary N) is 1. The van der Waals surface area contributed by atoms with Gasteiger partial charge in [-0.1, -0.05) is 31.6 Å². The molecule has 13 heavy (non-hydrogen) atoms. The molecule has 1 atom stereocenters. The van der Waals surface area contributed by atoms with Gasteiger partial charge < -0.3 is 5.73 Å². The van der Waals surface area contributed by atoms with Crippen LogP contribution in [0.15, 0.2) is 0 Å². The van der Waals surface area contributed by atoms with Crippen LogP contribution in [0, 0.1) is 0 Å². The van der Waals surface area contributed by atoms with Crippen LogP contribution >= 0.6 is 11.3 Å². The summed E-state index contributed by atoms with van der Waals surface area (Å²) in [5.41, 5.74) is 5.84. The van der Waals surface area contributed by atoms with E-state index in [1.165, 1.54) is 12.8 Å². The molecule has 0 aromatic carbocycles. The maximum atomic E-state index is 5.84. The van der Waals surface area contributed by atoms with E-state index in [-0.39, 0.29) is 6.04 Å². The molecule has 1 rings (SSSR count). The fourth-order valence-electron chi connectivity index (χ4n) is 1.02. The highest BCUT2D eigenvalue weighted by Crippen LogP contribution is 2.19. The Bertz CT molecular complexity index is 247. The summed E-state index contributed by atoms with van der Waals surface area (Å²) in [4.78, 5) is 0. The first kappa shape index (κ1) is 10.6. The molecule has 0 aliphatic carbocycles. The highest BCUT2D eigenvalue weighted by Gasteiger charge is 2.09. The number of nitrogens with zero attached hydrogens (tertiary/aromatic N) is 2. The van der Waals surface area contributed by atoms with Gasteiger partial charge in [0.05, 0.1) is 6.04 Å². The van der Waals surface area contributed by atoms with Crippen molar-refractivity contribution in [1.82, 2.24) is 10.2 Å². The molecule has 74 valence electrons. The lowest BCUT2D eigenvalue weighted by atomic mass is 10.3. The second kappa shape index (κ2) is 5.29. The van der Waals surface area contributed by atoms with Crippen LogP contribution in [0.5, 0.6) is 0 Å². The molecular formula is C9H17N3S. The highest BCUT2D eigenvalue weighted by molar-refractivity contribution is 7.11. The zero-order chi connectivity index (χ0) is 9.68. The minimum absolute atomic E-state index is 0.0767. The van der Waals surface area contributed by atoms with E-state index in [1.807, 2.05) is 0 Å². The van der Waals surface area contributed by atoms with Gasteiger partial charge in [-0.25, -0.2) is 0 Å². The van der Waals surface area contributed by atoms with E-state index in [0.29, 0.717) is 0 Å². The fraction of sp³-hybridized carbons (Fsp3) is 0.778. The summed E-state index contributed by atoms with van der Waals surface area (Å²) in [6.07, 6.45) is 4.37. The van der Waals surface area contributed by atoms with Crippen LogP contribution in [0.2, 0.25) is 0 Å². The van der Waals surface area contributed by atoms with Gasteiger partial charge in [-0.15, -0.1) is 10.2 Å². The molecule has 1 aromatic rings. The van der Waals surface area contributed by atoms with Gasteiger partial charge in [0.25, 0.3) is 0 Å². The normalized spacial score (nSPS) is 13.2.